The van der Waals surface area contributed by atoms with E-state index >= 15 is 0 Å². The van der Waals surface area contributed by atoms with Crippen molar-refractivity contribution in [1.29, 1.82) is 0 Å². The molecular weight excluding hydrogens is 220 g/mol. The lowest BCUT2D eigenvalue weighted by molar-refractivity contribution is 0.565. The average Bonchev–Trinajstić information content (AvgIpc) is 2.60. The van der Waals surface area contributed by atoms with Crippen molar-refractivity contribution in [3.63, 3.8) is 0 Å². The van der Waals surface area contributed by atoms with Gasteiger partial charge in [0.05, 0.1) is 11.4 Å². The van der Waals surface area contributed by atoms with Crippen LogP contribution in [0.4, 0.5) is 5.69 Å². The number of hydrogen-bond donors (Lipinski definition) is 0. The van der Waals surface area contributed by atoms with E-state index in [9.17, 15) is 4.79 Å². The minimum Gasteiger partial charge on any atom is -0.241 e. The molecule has 0 aliphatic carbocycles. The summed E-state index contributed by atoms with van der Waals surface area (Å²) in [4.78, 5) is 19.4. The lowest BCUT2D eigenvalue weighted by Crippen LogP contribution is -1.77. The zero-order chi connectivity index (χ0) is 11.5. The van der Waals surface area contributed by atoms with Crippen LogP contribution in [0.5, 0.6) is 0 Å². The van der Waals surface area contributed by atoms with Gasteiger partial charge < -0.3 is 0 Å². The number of nitrogens with zero attached hydrogens (tertiary/aromatic N) is 2. The number of isocyanates is 1. The summed E-state index contributed by atoms with van der Waals surface area (Å²) in [6, 6.07) is 7.42. The van der Waals surface area contributed by atoms with E-state index < -0.39 is 0 Å². The highest BCUT2D eigenvalue weighted by Crippen LogP contribution is 2.29. The molecule has 1 aromatic carbocycles. The maximum atomic E-state index is 10.2. The van der Waals surface area contributed by atoms with Gasteiger partial charge in [-0.2, -0.15) is 4.99 Å². The molecule has 0 radical (unpaired) electrons. The predicted octanol–water partition coefficient (Wildman–Crippen LogP) is 3.39. The molecule has 0 N–H and O–H groups in total. The molecule has 2 aromatic rings. The Hall–Kier alpha value is -1.77. The normalized spacial score (nSPS) is 9.88. The summed E-state index contributed by atoms with van der Waals surface area (Å²) >= 11 is 1.64. The van der Waals surface area contributed by atoms with E-state index in [0.29, 0.717) is 5.69 Å². The molecule has 0 atom stereocenters. The fourth-order valence-electron chi connectivity index (χ4n) is 1.36. The summed E-state index contributed by atoms with van der Waals surface area (Å²) in [6.45, 7) is 4.03. The Bertz CT molecular complexity index is 549. The van der Waals surface area contributed by atoms with Gasteiger partial charge in [-0.3, -0.25) is 0 Å². The van der Waals surface area contributed by atoms with Gasteiger partial charge in [0.25, 0.3) is 0 Å². The lowest BCUT2D eigenvalue weighted by atomic mass is 10.2. The molecule has 0 fully saturated rings. The molecule has 0 amide bonds. The van der Waals surface area contributed by atoms with E-state index in [1.165, 1.54) is 11.0 Å². The first kappa shape index (κ1) is 10.7. The molecule has 1 aromatic heterocycles. The molecular formula is C12H10N2OS. The van der Waals surface area contributed by atoms with Crippen molar-refractivity contribution in [3.8, 4) is 10.6 Å². The molecule has 0 unspecified atom stereocenters. The highest BCUT2D eigenvalue weighted by atomic mass is 32.1. The zero-order valence-corrected chi connectivity index (χ0v) is 9.84. The summed E-state index contributed by atoms with van der Waals surface area (Å²) in [7, 11) is 0. The lowest BCUT2D eigenvalue weighted by Gasteiger charge is -1.96. The summed E-state index contributed by atoms with van der Waals surface area (Å²) in [6.07, 6.45) is 1.54. The van der Waals surface area contributed by atoms with Gasteiger partial charge in [0, 0.05) is 10.4 Å². The molecule has 0 aliphatic rings. The van der Waals surface area contributed by atoms with Crippen LogP contribution in [-0.4, -0.2) is 11.1 Å². The Morgan fingerprint density at radius 2 is 2.19 bits per heavy atom. The van der Waals surface area contributed by atoms with Gasteiger partial charge in [-0.1, -0.05) is 12.1 Å². The second kappa shape index (κ2) is 4.39. The first-order valence-corrected chi connectivity index (χ1v) is 5.64. The Morgan fingerprint density at radius 1 is 1.38 bits per heavy atom. The standard InChI is InChI=1S/C12H10N2OS/c1-8-9(2)16-12(14-8)10-4-3-5-11(6-10)13-7-15/h3-6H,1-2H3. The quantitative estimate of drug-likeness (QED) is 0.586. The van der Waals surface area contributed by atoms with Gasteiger partial charge in [-0.15, -0.1) is 11.3 Å². The van der Waals surface area contributed by atoms with Crippen LogP contribution in [0.25, 0.3) is 10.6 Å². The van der Waals surface area contributed by atoms with E-state index in [2.05, 4.69) is 9.98 Å². The minimum atomic E-state index is 0.609. The van der Waals surface area contributed by atoms with E-state index in [-0.39, 0.29) is 0 Å². The average molecular weight is 230 g/mol. The fraction of sp³-hybridized carbons (Fsp3) is 0.167. The van der Waals surface area contributed by atoms with E-state index in [0.717, 1.165) is 16.3 Å². The molecule has 3 nitrogen and oxygen atoms in total. The van der Waals surface area contributed by atoms with E-state index in [1.54, 1.807) is 17.4 Å². The van der Waals surface area contributed by atoms with Crippen molar-refractivity contribution in [2.45, 2.75) is 13.8 Å². The van der Waals surface area contributed by atoms with Crippen LogP contribution in [0.3, 0.4) is 0 Å². The van der Waals surface area contributed by atoms with Gasteiger partial charge in [-0.05, 0) is 26.0 Å². The van der Waals surface area contributed by atoms with Crippen LogP contribution in [0, 0.1) is 13.8 Å². The molecule has 2 rings (SSSR count). The van der Waals surface area contributed by atoms with Gasteiger partial charge in [0.2, 0.25) is 6.08 Å². The van der Waals surface area contributed by atoms with Crippen LogP contribution in [0.2, 0.25) is 0 Å². The van der Waals surface area contributed by atoms with Crippen LogP contribution in [0.15, 0.2) is 29.3 Å². The molecule has 4 heteroatoms. The Labute approximate surface area is 97.5 Å². The van der Waals surface area contributed by atoms with Gasteiger partial charge in [0.1, 0.15) is 5.01 Å². The number of rotatable bonds is 2. The highest BCUT2D eigenvalue weighted by molar-refractivity contribution is 7.15. The topological polar surface area (TPSA) is 42.3 Å². The second-order valence-corrected chi connectivity index (χ2v) is 4.62. The number of hydrogen-bond acceptors (Lipinski definition) is 4. The third kappa shape index (κ3) is 2.08. The van der Waals surface area contributed by atoms with Crippen LogP contribution in [-0.2, 0) is 4.79 Å². The third-order valence-electron chi connectivity index (χ3n) is 2.30. The van der Waals surface area contributed by atoms with Crippen molar-refractivity contribution in [3.05, 3.63) is 34.8 Å². The summed E-state index contributed by atoms with van der Waals surface area (Å²) in [5, 5.41) is 0.956. The van der Waals surface area contributed by atoms with Crippen molar-refractivity contribution >= 4 is 23.1 Å². The fourth-order valence-corrected chi connectivity index (χ4v) is 2.27. The zero-order valence-electron chi connectivity index (χ0n) is 9.02. The van der Waals surface area contributed by atoms with Crippen molar-refractivity contribution < 1.29 is 4.79 Å². The Balaban J connectivity index is 2.47. The van der Waals surface area contributed by atoms with E-state index in [1.807, 2.05) is 32.0 Å². The largest absolute Gasteiger partial charge is 0.241 e. The van der Waals surface area contributed by atoms with Gasteiger partial charge in [0.15, 0.2) is 0 Å². The number of aliphatic imine (C=N–C) groups is 1. The first-order chi connectivity index (χ1) is 7.70. The molecule has 0 saturated carbocycles. The maximum Gasteiger partial charge on any atom is 0.240 e. The maximum absolute atomic E-state index is 10.2. The monoisotopic (exact) mass is 230 g/mol. The number of benzene rings is 1. The van der Waals surface area contributed by atoms with Crippen LogP contribution >= 0.6 is 11.3 Å². The molecule has 0 bridgehead atoms. The summed E-state index contributed by atoms with van der Waals surface area (Å²) in [5.41, 5.74) is 2.64. The predicted molar refractivity (Wildman–Crippen MR) is 64.8 cm³/mol. The molecule has 1 heterocycles. The van der Waals surface area contributed by atoms with Crippen LogP contribution in [0.1, 0.15) is 10.6 Å². The Kier molecular flexibility index (Phi) is 2.95. The van der Waals surface area contributed by atoms with Gasteiger partial charge in [-0.25, -0.2) is 9.78 Å². The van der Waals surface area contributed by atoms with Crippen molar-refractivity contribution in [1.82, 2.24) is 4.98 Å². The third-order valence-corrected chi connectivity index (χ3v) is 3.42. The summed E-state index contributed by atoms with van der Waals surface area (Å²) < 4.78 is 0. The van der Waals surface area contributed by atoms with E-state index in [4.69, 9.17) is 0 Å². The molecule has 0 spiro atoms. The second-order valence-electron chi connectivity index (χ2n) is 3.41. The first-order valence-electron chi connectivity index (χ1n) is 4.83. The minimum absolute atomic E-state index is 0.609. The van der Waals surface area contributed by atoms with Crippen molar-refractivity contribution in [2.24, 2.45) is 4.99 Å². The smallest absolute Gasteiger partial charge is 0.240 e. The Morgan fingerprint density at radius 3 is 2.81 bits per heavy atom. The molecule has 0 aliphatic heterocycles. The van der Waals surface area contributed by atoms with Gasteiger partial charge >= 0.3 is 0 Å². The molecule has 80 valence electrons. The molecule has 0 saturated heterocycles. The number of carbonyl (C=O) groups excluding carboxylic acids is 1. The summed E-state index contributed by atoms with van der Waals surface area (Å²) in [5.74, 6) is 0. The molecule has 16 heavy (non-hydrogen) atoms. The highest BCUT2D eigenvalue weighted by Gasteiger charge is 2.06. The number of aromatic nitrogens is 1. The number of aryl methyl sites for hydroxylation is 2. The number of thiazole rings is 1. The van der Waals surface area contributed by atoms with Crippen LogP contribution < -0.4 is 0 Å². The SMILES string of the molecule is Cc1nc(-c2cccc(N=C=O)c2)sc1C. The van der Waals surface area contributed by atoms with Crippen molar-refractivity contribution in [2.75, 3.05) is 0 Å².